The van der Waals surface area contributed by atoms with Crippen LogP contribution in [0.15, 0.2) is 11.6 Å². The Balaban J connectivity index is 0.885. The van der Waals surface area contributed by atoms with Crippen molar-refractivity contribution in [1.82, 2.24) is 0 Å². The van der Waals surface area contributed by atoms with Crippen LogP contribution in [0.4, 0.5) is 0 Å². The lowest BCUT2D eigenvalue weighted by atomic mass is 9.47. The van der Waals surface area contributed by atoms with Crippen molar-refractivity contribution < 1.29 is 89.3 Å². The minimum absolute atomic E-state index is 0.0148. The fourth-order valence-corrected chi connectivity index (χ4v) is 13.5. The van der Waals surface area contributed by atoms with Gasteiger partial charge < -0.3 is 89.3 Å². The lowest BCUT2D eigenvalue weighted by Gasteiger charge is -2.58. The van der Waals surface area contributed by atoms with Crippen molar-refractivity contribution in [2.45, 2.75) is 203 Å². The maximum atomic E-state index is 12.0. The lowest BCUT2D eigenvalue weighted by Crippen LogP contribution is -2.64. The van der Waals surface area contributed by atoms with Gasteiger partial charge >= 0.3 is 0 Å². The first-order chi connectivity index (χ1) is 29.8. The van der Waals surface area contributed by atoms with E-state index in [0.29, 0.717) is 43.4 Å². The van der Waals surface area contributed by atoms with E-state index in [0.717, 1.165) is 32.1 Å². The number of ether oxygens (including phenoxy) is 7. The van der Waals surface area contributed by atoms with Crippen LogP contribution in [0, 0.1) is 46.3 Å². The molecule has 4 heterocycles. The molecule has 0 aromatic carbocycles. The lowest BCUT2D eigenvalue weighted by molar-refractivity contribution is -0.369. The van der Waals surface area contributed by atoms with Gasteiger partial charge in [0.15, 0.2) is 24.7 Å². The SMILES string of the molecule is CC(CCC1(O)O[C@H]2C[C@H]3[C@@H]4CC=C5C[C@@H](O[C@@H]6O[C@H](CO)[C@@H](O)[C@H](O)[C@H]6O[C@@H]6O[C@H](C)[C@@H](O)[C@H](O)[C@@H]6O)CC[C@]5(C)[C@H]4CC[C@]3(C)[C@H]2[C@@H]1C)CO[C@@H]1O[C@H](CO)[C@@H](O)[C@H](O)[C@H]1O. The van der Waals surface area contributed by atoms with E-state index in [-0.39, 0.29) is 47.4 Å². The van der Waals surface area contributed by atoms with E-state index in [1.54, 1.807) is 0 Å². The summed E-state index contributed by atoms with van der Waals surface area (Å²) in [5, 5.41) is 115. The Labute approximate surface area is 369 Å². The number of fused-ring (bicyclic) bond motifs is 7. The number of hydrogen-bond donors (Lipinski definition) is 11. The molecule has 0 amide bonds. The van der Waals surface area contributed by atoms with Crippen molar-refractivity contribution in [3.05, 3.63) is 11.6 Å². The molecule has 4 saturated heterocycles. The molecule has 63 heavy (non-hydrogen) atoms. The molecule has 4 aliphatic carbocycles. The molecule has 3 saturated carbocycles. The minimum Gasteiger partial charge on any atom is -0.394 e. The average molecular weight is 903 g/mol. The first-order valence-electron chi connectivity index (χ1n) is 23.4. The average Bonchev–Trinajstić information content (AvgIpc) is 3.70. The molecule has 18 heteroatoms. The highest BCUT2D eigenvalue weighted by Gasteiger charge is 2.68. The van der Waals surface area contributed by atoms with E-state index in [9.17, 15) is 56.2 Å². The van der Waals surface area contributed by atoms with Crippen LogP contribution in [-0.2, 0) is 33.2 Å². The van der Waals surface area contributed by atoms with Gasteiger partial charge in [-0.15, -0.1) is 0 Å². The summed E-state index contributed by atoms with van der Waals surface area (Å²) in [7, 11) is 0. The molecule has 2 unspecified atom stereocenters. The molecule has 0 aromatic heterocycles. The molecule has 8 aliphatic rings. The summed E-state index contributed by atoms with van der Waals surface area (Å²) in [6, 6.07) is 0. The fraction of sp³-hybridized carbons (Fsp3) is 0.956. The normalized spacial score (nSPS) is 55.0. The summed E-state index contributed by atoms with van der Waals surface area (Å²) in [5.74, 6) is 0.0506. The number of aliphatic hydroxyl groups excluding tert-OH is 10. The van der Waals surface area contributed by atoms with Crippen molar-refractivity contribution in [2.75, 3.05) is 19.8 Å². The van der Waals surface area contributed by atoms with Gasteiger partial charge in [-0.25, -0.2) is 0 Å². The molecule has 7 fully saturated rings. The zero-order valence-corrected chi connectivity index (χ0v) is 37.1. The van der Waals surface area contributed by atoms with Gasteiger partial charge in [-0.2, -0.15) is 0 Å². The van der Waals surface area contributed by atoms with E-state index >= 15 is 0 Å². The van der Waals surface area contributed by atoms with Crippen LogP contribution in [0.25, 0.3) is 0 Å². The van der Waals surface area contributed by atoms with Gasteiger partial charge in [-0.05, 0) is 98.7 Å². The zero-order valence-electron chi connectivity index (χ0n) is 37.1. The third-order valence-corrected chi connectivity index (χ3v) is 17.4. The van der Waals surface area contributed by atoms with Crippen LogP contribution in [0.3, 0.4) is 0 Å². The topological polar surface area (TPSA) is 287 Å². The predicted molar refractivity (Wildman–Crippen MR) is 218 cm³/mol. The minimum atomic E-state index is -1.65. The Bertz CT molecular complexity index is 1600. The summed E-state index contributed by atoms with van der Waals surface area (Å²) in [6.45, 7) is 9.43. The number of hydrogen-bond acceptors (Lipinski definition) is 18. The Morgan fingerprint density at radius 2 is 1.40 bits per heavy atom. The molecular formula is C45H74O18. The largest absolute Gasteiger partial charge is 0.394 e. The molecular weight excluding hydrogens is 828 g/mol. The van der Waals surface area contributed by atoms with E-state index in [2.05, 4.69) is 26.8 Å². The van der Waals surface area contributed by atoms with Crippen molar-refractivity contribution in [2.24, 2.45) is 46.3 Å². The van der Waals surface area contributed by atoms with Crippen LogP contribution in [-0.4, -0.2) is 186 Å². The molecule has 18 nitrogen and oxygen atoms in total. The molecule has 0 spiro atoms. The second-order valence-corrected chi connectivity index (χ2v) is 21.0. The number of rotatable bonds is 12. The van der Waals surface area contributed by atoms with Crippen molar-refractivity contribution >= 4 is 0 Å². The second-order valence-electron chi connectivity index (χ2n) is 21.0. The Kier molecular flexibility index (Phi) is 14.2. The Hall–Kier alpha value is -0.980. The smallest absolute Gasteiger partial charge is 0.187 e. The summed E-state index contributed by atoms with van der Waals surface area (Å²) in [6.07, 6.45) is -11.5. The van der Waals surface area contributed by atoms with Gasteiger partial charge in [-0.3, -0.25) is 0 Å². The highest BCUT2D eigenvalue weighted by molar-refractivity contribution is 5.26. The number of aliphatic hydroxyl groups is 11. The quantitative estimate of drug-likeness (QED) is 0.107. The second kappa shape index (κ2) is 18.5. The van der Waals surface area contributed by atoms with Crippen LogP contribution in [0.5, 0.6) is 0 Å². The summed E-state index contributed by atoms with van der Waals surface area (Å²) >= 11 is 0. The number of allylic oxidation sites excluding steroid dienone is 1. The summed E-state index contributed by atoms with van der Waals surface area (Å²) in [5.41, 5.74) is 1.23. The highest BCUT2D eigenvalue weighted by atomic mass is 16.8. The molecule has 362 valence electrons. The van der Waals surface area contributed by atoms with Crippen molar-refractivity contribution in [1.29, 1.82) is 0 Å². The van der Waals surface area contributed by atoms with Crippen molar-refractivity contribution in [3.8, 4) is 0 Å². The van der Waals surface area contributed by atoms with Crippen LogP contribution >= 0.6 is 0 Å². The summed E-state index contributed by atoms with van der Waals surface area (Å²) in [4.78, 5) is 0. The maximum absolute atomic E-state index is 12.0. The molecule has 26 atom stereocenters. The molecule has 8 rings (SSSR count). The third-order valence-electron chi connectivity index (χ3n) is 17.4. The standard InChI is InChI=1S/C45H74O18/c1-19(18-57-40-37(54)35(52)32(49)28(16-46)60-40)8-13-45(56)20(2)30-27(63-45)15-26-24-7-6-22-14-23(9-11-43(22,4)25(24)10-12-44(26,30)5)59-42-39(36(53)33(50)29(17-47)61-42)62-41-38(55)34(51)31(48)21(3)58-41/h6,19-21,23-42,46-56H,7-18H2,1-5H3/t19?,20-,21+,23-,24+,25-,26-,27-,28+,29+,30-,31+,32+,33+,34-,35-,36-,37+,38-,39+,40+,41-,42+,43-,44-,45?/m0/s1. The van der Waals surface area contributed by atoms with Gasteiger partial charge in [-0.1, -0.05) is 39.3 Å². The van der Waals surface area contributed by atoms with Gasteiger partial charge in [0.05, 0.1) is 38.1 Å². The van der Waals surface area contributed by atoms with Gasteiger partial charge in [0.25, 0.3) is 0 Å². The van der Waals surface area contributed by atoms with E-state index in [4.69, 9.17) is 33.2 Å². The van der Waals surface area contributed by atoms with E-state index in [1.807, 2.05) is 6.92 Å². The Morgan fingerprint density at radius 1 is 0.746 bits per heavy atom. The van der Waals surface area contributed by atoms with E-state index < -0.39 is 111 Å². The molecule has 4 aliphatic heterocycles. The third kappa shape index (κ3) is 8.51. The predicted octanol–water partition coefficient (Wildman–Crippen LogP) is -0.831. The van der Waals surface area contributed by atoms with Gasteiger partial charge in [0.2, 0.25) is 0 Å². The van der Waals surface area contributed by atoms with Crippen LogP contribution in [0.1, 0.15) is 92.4 Å². The van der Waals surface area contributed by atoms with Gasteiger partial charge in [0, 0.05) is 12.3 Å². The molecule has 0 radical (unpaired) electrons. The van der Waals surface area contributed by atoms with E-state index in [1.165, 1.54) is 12.5 Å². The molecule has 0 bridgehead atoms. The van der Waals surface area contributed by atoms with Crippen LogP contribution in [0.2, 0.25) is 0 Å². The maximum Gasteiger partial charge on any atom is 0.187 e. The molecule has 0 aromatic rings. The highest BCUT2D eigenvalue weighted by Crippen LogP contribution is 2.70. The van der Waals surface area contributed by atoms with Crippen LogP contribution < -0.4 is 0 Å². The first-order valence-corrected chi connectivity index (χ1v) is 23.4. The fourth-order valence-electron chi connectivity index (χ4n) is 13.5. The van der Waals surface area contributed by atoms with Crippen molar-refractivity contribution in [3.63, 3.8) is 0 Å². The zero-order chi connectivity index (χ0) is 45.5. The van der Waals surface area contributed by atoms with Gasteiger partial charge in [0.1, 0.15) is 67.1 Å². The molecule has 11 N–H and O–H groups in total. The Morgan fingerprint density at radius 3 is 2.10 bits per heavy atom. The summed E-state index contributed by atoms with van der Waals surface area (Å²) < 4.78 is 42.1. The first kappa shape index (κ1) is 48.5. The monoisotopic (exact) mass is 902 g/mol.